The number of rotatable bonds is 6. The zero-order valence-corrected chi connectivity index (χ0v) is 11.8. The number of nitrogens with zero attached hydrogens (tertiary/aromatic N) is 1. The molecule has 0 spiro atoms. The molecule has 2 rings (SSSR count). The lowest BCUT2D eigenvalue weighted by Crippen LogP contribution is -2.30. The molecule has 0 aromatic carbocycles. The average molecular weight is 278 g/mol. The number of aromatic nitrogens is 1. The van der Waals surface area contributed by atoms with Crippen LogP contribution in [0.4, 0.5) is 0 Å². The molecule has 0 saturated heterocycles. The molecular formula is C14H18N2O4. The van der Waals surface area contributed by atoms with Gasteiger partial charge in [-0.05, 0) is 26.0 Å². The van der Waals surface area contributed by atoms with E-state index in [1.165, 1.54) is 0 Å². The Morgan fingerprint density at radius 3 is 2.85 bits per heavy atom. The van der Waals surface area contributed by atoms with Crippen LogP contribution in [0.5, 0.6) is 0 Å². The zero-order chi connectivity index (χ0) is 14.5. The predicted molar refractivity (Wildman–Crippen MR) is 71.1 cm³/mol. The van der Waals surface area contributed by atoms with Crippen molar-refractivity contribution in [2.45, 2.75) is 26.4 Å². The predicted octanol–water partition coefficient (Wildman–Crippen LogP) is 1.93. The first kappa shape index (κ1) is 14.3. The summed E-state index contributed by atoms with van der Waals surface area (Å²) in [6.45, 7) is 3.97. The summed E-state index contributed by atoms with van der Waals surface area (Å²) in [7, 11) is 1.58. The Morgan fingerprint density at radius 2 is 2.30 bits per heavy atom. The Labute approximate surface area is 117 Å². The molecule has 1 unspecified atom stereocenters. The maximum atomic E-state index is 11.9. The summed E-state index contributed by atoms with van der Waals surface area (Å²) in [5.74, 6) is 1.25. The monoisotopic (exact) mass is 278 g/mol. The number of hydrogen-bond acceptors (Lipinski definition) is 5. The Bertz CT molecular complexity index is 540. The SMILES string of the molecule is COC(CNC(=O)Cc1c(C)noc1C)c1ccco1. The summed E-state index contributed by atoms with van der Waals surface area (Å²) < 4.78 is 15.6. The largest absolute Gasteiger partial charge is 0.467 e. The molecule has 1 N–H and O–H groups in total. The Balaban J connectivity index is 1.89. The van der Waals surface area contributed by atoms with Gasteiger partial charge in [-0.25, -0.2) is 0 Å². The van der Waals surface area contributed by atoms with Crippen molar-refractivity contribution in [3.05, 3.63) is 41.2 Å². The van der Waals surface area contributed by atoms with E-state index in [2.05, 4.69) is 10.5 Å². The van der Waals surface area contributed by atoms with Gasteiger partial charge in [0.05, 0.1) is 24.9 Å². The van der Waals surface area contributed by atoms with E-state index in [0.717, 1.165) is 11.3 Å². The van der Waals surface area contributed by atoms with Gasteiger partial charge >= 0.3 is 0 Å². The van der Waals surface area contributed by atoms with E-state index in [-0.39, 0.29) is 18.4 Å². The third-order valence-corrected chi connectivity index (χ3v) is 3.15. The van der Waals surface area contributed by atoms with Gasteiger partial charge in [-0.3, -0.25) is 4.79 Å². The number of aryl methyl sites for hydroxylation is 2. The van der Waals surface area contributed by atoms with Crippen LogP contribution in [0.15, 0.2) is 27.3 Å². The summed E-state index contributed by atoms with van der Waals surface area (Å²) in [6, 6.07) is 3.60. The summed E-state index contributed by atoms with van der Waals surface area (Å²) >= 11 is 0. The summed E-state index contributed by atoms with van der Waals surface area (Å²) in [6.07, 6.45) is 1.53. The highest BCUT2D eigenvalue weighted by Crippen LogP contribution is 2.16. The van der Waals surface area contributed by atoms with Crippen LogP contribution in [-0.4, -0.2) is 24.7 Å². The quantitative estimate of drug-likeness (QED) is 0.873. The molecule has 0 aliphatic rings. The number of nitrogens with one attached hydrogen (secondary N) is 1. The van der Waals surface area contributed by atoms with Gasteiger partial charge in [0.2, 0.25) is 5.91 Å². The lowest BCUT2D eigenvalue weighted by atomic mass is 10.1. The average Bonchev–Trinajstić information content (AvgIpc) is 3.05. The second kappa shape index (κ2) is 6.38. The highest BCUT2D eigenvalue weighted by molar-refractivity contribution is 5.79. The van der Waals surface area contributed by atoms with Crippen LogP contribution in [0.2, 0.25) is 0 Å². The molecule has 0 aliphatic heterocycles. The fraction of sp³-hybridized carbons (Fsp3) is 0.429. The summed E-state index contributed by atoms with van der Waals surface area (Å²) in [4.78, 5) is 11.9. The zero-order valence-electron chi connectivity index (χ0n) is 11.8. The van der Waals surface area contributed by atoms with Gasteiger partial charge in [0, 0.05) is 12.7 Å². The van der Waals surface area contributed by atoms with Crippen LogP contribution in [0.1, 0.15) is 28.9 Å². The minimum absolute atomic E-state index is 0.104. The molecule has 0 aliphatic carbocycles. The van der Waals surface area contributed by atoms with Gasteiger partial charge in [0.25, 0.3) is 0 Å². The minimum Gasteiger partial charge on any atom is -0.467 e. The van der Waals surface area contributed by atoms with Gasteiger partial charge in [-0.1, -0.05) is 5.16 Å². The van der Waals surface area contributed by atoms with Crippen molar-refractivity contribution in [2.75, 3.05) is 13.7 Å². The van der Waals surface area contributed by atoms with Crippen molar-refractivity contribution in [1.29, 1.82) is 0 Å². The molecule has 1 atom stereocenters. The number of ether oxygens (including phenoxy) is 1. The lowest BCUT2D eigenvalue weighted by molar-refractivity contribution is -0.121. The fourth-order valence-corrected chi connectivity index (χ4v) is 1.96. The molecule has 0 radical (unpaired) electrons. The van der Waals surface area contributed by atoms with Gasteiger partial charge in [-0.15, -0.1) is 0 Å². The van der Waals surface area contributed by atoms with E-state index in [1.54, 1.807) is 26.4 Å². The molecule has 0 fully saturated rings. The standard InChI is InChI=1S/C14H18N2O4/c1-9-11(10(2)20-16-9)7-14(17)15-8-13(18-3)12-5-4-6-19-12/h4-6,13H,7-8H2,1-3H3,(H,15,17). The van der Waals surface area contributed by atoms with Crippen LogP contribution < -0.4 is 5.32 Å². The number of carbonyl (C=O) groups excluding carboxylic acids is 1. The second-order valence-electron chi connectivity index (χ2n) is 4.52. The van der Waals surface area contributed by atoms with Crippen molar-refractivity contribution in [1.82, 2.24) is 10.5 Å². The summed E-state index contributed by atoms with van der Waals surface area (Å²) in [5, 5.41) is 6.65. The highest BCUT2D eigenvalue weighted by Gasteiger charge is 2.17. The maximum Gasteiger partial charge on any atom is 0.224 e. The lowest BCUT2D eigenvalue weighted by Gasteiger charge is -2.13. The van der Waals surface area contributed by atoms with E-state index >= 15 is 0 Å². The van der Waals surface area contributed by atoms with Crippen LogP contribution in [0, 0.1) is 13.8 Å². The number of hydrogen-bond donors (Lipinski definition) is 1. The molecule has 1 amide bonds. The Hall–Kier alpha value is -2.08. The number of methoxy groups -OCH3 is 1. The normalized spacial score (nSPS) is 12.3. The molecule has 6 nitrogen and oxygen atoms in total. The molecule has 20 heavy (non-hydrogen) atoms. The first-order chi connectivity index (χ1) is 9.61. The number of furan rings is 1. The fourth-order valence-electron chi connectivity index (χ4n) is 1.96. The molecule has 108 valence electrons. The number of amides is 1. The van der Waals surface area contributed by atoms with Crippen molar-refractivity contribution in [2.24, 2.45) is 0 Å². The molecule has 6 heteroatoms. The Morgan fingerprint density at radius 1 is 1.50 bits per heavy atom. The van der Waals surface area contributed by atoms with Gasteiger partial charge in [0.15, 0.2) is 0 Å². The molecule has 2 heterocycles. The number of carbonyl (C=O) groups is 1. The third-order valence-electron chi connectivity index (χ3n) is 3.15. The summed E-state index contributed by atoms with van der Waals surface area (Å²) in [5.41, 5.74) is 1.57. The molecule has 0 saturated carbocycles. The van der Waals surface area contributed by atoms with E-state index in [1.807, 2.05) is 13.0 Å². The first-order valence-corrected chi connectivity index (χ1v) is 6.36. The minimum atomic E-state index is -0.293. The Kier molecular flexibility index (Phi) is 4.57. The van der Waals surface area contributed by atoms with E-state index < -0.39 is 0 Å². The van der Waals surface area contributed by atoms with Gasteiger partial charge in [-0.2, -0.15) is 0 Å². The molecule has 2 aromatic heterocycles. The molecule has 2 aromatic rings. The van der Waals surface area contributed by atoms with Crippen molar-refractivity contribution in [3.63, 3.8) is 0 Å². The van der Waals surface area contributed by atoms with Crippen LogP contribution in [-0.2, 0) is 16.0 Å². The van der Waals surface area contributed by atoms with Gasteiger partial charge < -0.3 is 19.0 Å². The van der Waals surface area contributed by atoms with Crippen LogP contribution >= 0.6 is 0 Å². The molecular weight excluding hydrogens is 260 g/mol. The van der Waals surface area contributed by atoms with Crippen molar-refractivity contribution in [3.8, 4) is 0 Å². The van der Waals surface area contributed by atoms with E-state index in [4.69, 9.17) is 13.7 Å². The van der Waals surface area contributed by atoms with E-state index in [0.29, 0.717) is 18.1 Å². The van der Waals surface area contributed by atoms with Crippen molar-refractivity contribution < 1.29 is 18.5 Å². The second-order valence-corrected chi connectivity index (χ2v) is 4.52. The van der Waals surface area contributed by atoms with Crippen molar-refractivity contribution >= 4 is 5.91 Å². The topological polar surface area (TPSA) is 77.5 Å². The van der Waals surface area contributed by atoms with Gasteiger partial charge in [0.1, 0.15) is 17.6 Å². The molecule has 0 bridgehead atoms. The van der Waals surface area contributed by atoms with Crippen LogP contribution in [0.3, 0.4) is 0 Å². The van der Waals surface area contributed by atoms with E-state index in [9.17, 15) is 4.79 Å². The van der Waals surface area contributed by atoms with Crippen LogP contribution in [0.25, 0.3) is 0 Å². The first-order valence-electron chi connectivity index (χ1n) is 6.36. The highest BCUT2D eigenvalue weighted by atomic mass is 16.5. The third kappa shape index (κ3) is 3.27. The maximum absolute atomic E-state index is 11.9. The smallest absolute Gasteiger partial charge is 0.224 e.